The van der Waals surface area contributed by atoms with Crippen molar-refractivity contribution in [2.75, 3.05) is 0 Å². The van der Waals surface area contributed by atoms with Crippen molar-refractivity contribution in [1.29, 1.82) is 0 Å². The van der Waals surface area contributed by atoms with E-state index in [0.29, 0.717) is 10.7 Å². The first-order valence-corrected chi connectivity index (χ1v) is 8.09. The number of amides is 1. The van der Waals surface area contributed by atoms with Gasteiger partial charge in [0.2, 0.25) is 5.91 Å². The highest BCUT2D eigenvalue weighted by Crippen LogP contribution is 2.33. The second kappa shape index (κ2) is 5.48. The molecule has 1 aromatic rings. The van der Waals surface area contributed by atoms with Gasteiger partial charge in [-0.3, -0.25) is 4.79 Å². The minimum atomic E-state index is -4.14. The third kappa shape index (κ3) is 2.65. The minimum absolute atomic E-state index is 0.0570. The lowest BCUT2D eigenvalue weighted by atomic mass is 9.98. The van der Waals surface area contributed by atoms with Crippen LogP contribution in [0.2, 0.25) is 0 Å². The summed E-state index contributed by atoms with van der Waals surface area (Å²) in [7, 11) is -4.14. The number of rotatable bonds is 4. The summed E-state index contributed by atoms with van der Waals surface area (Å²) in [6.07, 6.45) is 0.376. The number of aryl methyl sites for hydroxylation is 1. The zero-order chi connectivity index (χ0) is 15.8. The molecule has 1 heterocycles. The number of benzene rings is 1. The van der Waals surface area contributed by atoms with E-state index in [2.05, 4.69) is 0 Å². The predicted octanol–water partition coefficient (Wildman–Crippen LogP) is 1.40. The molecular weight excluding hydrogens is 294 g/mol. The van der Waals surface area contributed by atoms with Gasteiger partial charge in [-0.2, -0.15) is 0 Å². The molecule has 2 rings (SSSR count). The van der Waals surface area contributed by atoms with Gasteiger partial charge in [0, 0.05) is 6.42 Å². The van der Waals surface area contributed by atoms with E-state index in [1.54, 1.807) is 19.1 Å². The number of carbonyl (C=O) groups excluding carboxylic acids is 1. The Morgan fingerprint density at radius 2 is 1.90 bits per heavy atom. The predicted molar refractivity (Wildman–Crippen MR) is 75.0 cm³/mol. The average Bonchev–Trinajstić information content (AvgIpc) is 2.77. The maximum Gasteiger partial charge on any atom is 0.327 e. The number of sulfonamides is 1. The molecule has 0 aliphatic carbocycles. The quantitative estimate of drug-likeness (QED) is 0.907. The van der Waals surface area contributed by atoms with Crippen LogP contribution in [-0.4, -0.2) is 35.7 Å². The van der Waals surface area contributed by atoms with E-state index in [1.165, 1.54) is 12.1 Å². The SMILES string of the molecule is CCC1CC(=O)N(S(=O)(=O)c2ccc(C)cc2)C1C(=O)O. The second-order valence-electron chi connectivity index (χ2n) is 5.16. The van der Waals surface area contributed by atoms with Crippen molar-refractivity contribution in [3.05, 3.63) is 29.8 Å². The Balaban J connectivity index is 2.49. The monoisotopic (exact) mass is 311 g/mol. The third-order valence-electron chi connectivity index (χ3n) is 3.74. The summed E-state index contributed by atoms with van der Waals surface area (Å²) in [6.45, 7) is 3.56. The molecule has 1 aromatic carbocycles. The smallest absolute Gasteiger partial charge is 0.327 e. The van der Waals surface area contributed by atoms with E-state index in [0.717, 1.165) is 5.56 Å². The van der Waals surface area contributed by atoms with Gasteiger partial charge in [-0.25, -0.2) is 17.5 Å². The van der Waals surface area contributed by atoms with Crippen LogP contribution in [0.4, 0.5) is 0 Å². The standard InChI is InChI=1S/C14H17NO5S/c1-3-10-8-12(16)15(13(10)14(17)18)21(19,20)11-6-4-9(2)5-7-11/h4-7,10,13H,3,8H2,1-2H3,(H,17,18). The van der Waals surface area contributed by atoms with Crippen molar-refractivity contribution in [1.82, 2.24) is 4.31 Å². The molecule has 1 aliphatic heterocycles. The summed E-state index contributed by atoms with van der Waals surface area (Å²) >= 11 is 0. The molecule has 1 amide bonds. The van der Waals surface area contributed by atoms with Crippen LogP contribution in [0.25, 0.3) is 0 Å². The first-order valence-electron chi connectivity index (χ1n) is 6.65. The van der Waals surface area contributed by atoms with E-state index in [1.807, 2.05) is 6.92 Å². The molecule has 2 atom stereocenters. The fraction of sp³-hybridized carbons (Fsp3) is 0.429. The van der Waals surface area contributed by atoms with Crippen LogP contribution in [0.3, 0.4) is 0 Å². The number of hydrogen-bond acceptors (Lipinski definition) is 4. The number of carboxylic acids is 1. The van der Waals surface area contributed by atoms with Gasteiger partial charge in [0.05, 0.1) is 4.90 Å². The lowest BCUT2D eigenvalue weighted by molar-refractivity contribution is -0.144. The van der Waals surface area contributed by atoms with Crippen LogP contribution < -0.4 is 0 Å². The number of carboxylic acid groups (broad SMARTS) is 1. The molecule has 1 N–H and O–H groups in total. The summed E-state index contributed by atoms with van der Waals surface area (Å²) in [5.74, 6) is -2.44. The summed E-state index contributed by atoms with van der Waals surface area (Å²) in [6, 6.07) is 4.67. The summed E-state index contributed by atoms with van der Waals surface area (Å²) in [5.41, 5.74) is 0.878. The van der Waals surface area contributed by atoms with Gasteiger partial charge in [-0.1, -0.05) is 31.0 Å². The van der Waals surface area contributed by atoms with E-state index >= 15 is 0 Å². The Hall–Kier alpha value is -1.89. The van der Waals surface area contributed by atoms with E-state index < -0.39 is 33.9 Å². The highest BCUT2D eigenvalue weighted by molar-refractivity contribution is 7.89. The van der Waals surface area contributed by atoms with Gasteiger partial charge in [0.25, 0.3) is 10.0 Å². The molecule has 21 heavy (non-hydrogen) atoms. The number of hydrogen-bond donors (Lipinski definition) is 1. The first kappa shape index (κ1) is 15.5. The van der Waals surface area contributed by atoms with Crippen LogP contribution >= 0.6 is 0 Å². The zero-order valence-electron chi connectivity index (χ0n) is 11.8. The summed E-state index contributed by atoms with van der Waals surface area (Å²) < 4.78 is 25.7. The molecule has 1 aliphatic rings. The largest absolute Gasteiger partial charge is 0.480 e. The minimum Gasteiger partial charge on any atom is -0.480 e. The first-order chi connectivity index (χ1) is 9.78. The van der Waals surface area contributed by atoms with Gasteiger partial charge in [0.1, 0.15) is 6.04 Å². The van der Waals surface area contributed by atoms with Crippen molar-refractivity contribution < 1.29 is 23.1 Å². The van der Waals surface area contributed by atoms with Crippen molar-refractivity contribution in [2.24, 2.45) is 5.92 Å². The van der Waals surface area contributed by atoms with Gasteiger partial charge < -0.3 is 5.11 Å². The molecule has 2 unspecified atom stereocenters. The van der Waals surface area contributed by atoms with Gasteiger partial charge in [0.15, 0.2) is 0 Å². The second-order valence-corrected chi connectivity index (χ2v) is 6.98. The Morgan fingerprint density at radius 1 is 1.33 bits per heavy atom. The Bertz CT molecular complexity index is 665. The number of nitrogens with zero attached hydrogens (tertiary/aromatic N) is 1. The molecule has 0 bridgehead atoms. The van der Waals surface area contributed by atoms with Crippen molar-refractivity contribution >= 4 is 21.9 Å². The van der Waals surface area contributed by atoms with E-state index in [-0.39, 0.29) is 11.3 Å². The van der Waals surface area contributed by atoms with Gasteiger partial charge >= 0.3 is 5.97 Å². The molecular formula is C14H17NO5S. The van der Waals surface area contributed by atoms with Gasteiger partial charge in [-0.15, -0.1) is 0 Å². The van der Waals surface area contributed by atoms with Crippen molar-refractivity contribution in [2.45, 2.75) is 37.6 Å². The molecule has 0 saturated carbocycles. The molecule has 0 spiro atoms. The lowest BCUT2D eigenvalue weighted by Crippen LogP contribution is -2.44. The van der Waals surface area contributed by atoms with E-state index in [4.69, 9.17) is 0 Å². The Labute approximate surface area is 123 Å². The van der Waals surface area contributed by atoms with Crippen LogP contribution in [0.15, 0.2) is 29.2 Å². The average molecular weight is 311 g/mol. The van der Waals surface area contributed by atoms with Crippen LogP contribution in [0.5, 0.6) is 0 Å². The molecule has 1 saturated heterocycles. The van der Waals surface area contributed by atoms with Crippen molar-refractivity contribution in [3.8, 4) is 0 Å². The van der Waals surface area contributed by atoms with Crippen LogP contribution in [0.1, 0.15) is 25.3 Å². The highest BCUT2D eigenvalue weighted by Gasteiger charge is 2.49. The molecule has 6 nitrogen and oxygen atoms in total. The third-order valence-corrected chi connectivity index (χ3v) is 5.55. The molecule has 1 fully saturated rings. The lowest BCUT2D eigenvalue weighted by Gasteiger charge is -2.23. The molecule has 7 heteroatoms. The normalized spacial score (nSPS) is 22.6. The van der Waals surface area contributed by atoms with Gasteiger partial charge in [-0.05, 0) is 25.0 Å². The fourth-order valence-electron chi connectivity index (χ4n) is 2.55. The number of aliphatic carboxylic acids is 1. The maximum atomic E-state index is 12.6. The van der Waals surface area contributed by atoms with Crippen molar-refractivity contribution in [3.63, 3.8) is 0 Å². The highest BCUT2D eigenvalue weighted by atomic mass is 32.2. The topological polar surface area (TPSA) is 91.8 Å². The number of carbonyl (C=O) groups is 2. The molecule has 0 aromatic heterocycles. The fourth-order valence-corrected chi connectivity index (χ4v) is 4.16. The summed E-state index contributed by atoms with van der Waals surface area (Å²) in [4.78, 5) is 23.4. The summed E-state index contributed by atoms with van der Waals surface area (Å²) in [5, 5.41) is 9.30. The molecule has 0 radical (unpaired) electrons. The Kier molecular flexibility index (Phi) is 4.04. The van der Waals surface area contributed by atoms with Crippen LogP contribution in [-0.2, 0) is 19.6 Å². The Morgan fingerprint density at radius 3 is 2.38 bits per heavy atom. The van der Waals surface area contributed by atoms with Crippen LogP contribution in [0, 0.1) is 12.8 Å². The molecule has 114 valence electrons. The maximum absolute atomic E-state index is 12.6. The zero-order valence-corrected chi connectivity index (χ0v) is 12.6. The van der Waals surface area contributed by atoms with E-state index in [9.17, 15) is 23.1 Å².